The van der Waals surface area contributed by atoms with Crippen molar-refractivity contribution < 1.29 is 9.21 Å². The lowest BCUT2D eigenvalue weighted by Gasteiger charge is -2.04. The van der Waals surface area contributed by atoms with Crippen LogP contribution in [0.1, 0.15) is 34.3 Å². The van der Waals surface area contributed by atoms with Gasteiger partial charge >= 0.3 is 0 Å². The second-order valence-corrected chi connectivity index (χ2v) is 5.27. The molecular weight excluding hydrogens is 260 g/mol. The molecule has 0 aliphatic carbocycles. The molecule has 1 aromatic heterocycles. The van der Waals surface area contributed by atoms with Crippen molar-refractivity contribution in [2.24, 2.45) is 0 Å². The number of thioether (sulfide) groups is 1. The van der Waals surface area contributed by atoms with Crippen molar-refractivity contribution >= 4 is 17.5 Å². The summed E-state index contributed by atoms with van der Waals surface area (Å²) in [6.45, 7) is 5.87. The Bertz CT molecular complexity index is 593. The predicted molar refractivity (Wildman–Crippen MR) is 74.6 cm³/mol. The first kappa shape index (κ1) is 13.8. The Balaban J connectivity index is 2.03. The van der Waals surface area contributed by atoms with Crippen molar-refractivity contribution in [1.29, 1.82) is 0 Å². The molecule has 0 bridgehead atoms. The number of aryl methyl sites for hydroxylation is 3. The van der Waals surface area contributed by atoms with E-state index < -0.39 is 0 Å². The minimum atomic E-state index is 0.0856. The third-order valence-electron chi connectivity index (χ3n) is 2.77. The molecule has 100 valence electrons. The second kappa shape index (κ2) is 6.02. The van der Waals surface area contributed by atoms with Crippen molar-refractivity contribution in [3.63, 3.8) is 0 Å². The maximum atomic E-state index is 12.2. The first-order chi connectivity index (χ1) is 9.10. The van der Waals surface area contributed by atoms with Crippen molar-refractivity contribution in [1.82, 2.24) is 10.2 Å². The number of benzene rings is 1. The highest BCUT2D eigenvalue weighted by molar-refractivity contribution is 7.99. The molecule has 2 rings (SSSR count). The zero-order valence-electron chi connectivity index (χ0n) is 11.3. The topological polar surface area (TPSA) is 56.0 Å². The minimum absolute atomic E-state index is 0.0856. The summed E-state index contributed by atoms with van der Waals surface area (Å²) in [5.74, 6) is 1.000. The van der Waals surface area contributed by atoms with Gasteiger partial charge in [0.2, 0.25) is 5.89 Å². The molecule has 1 heterocycles. The monoisotopic (exact) mass is 276 g/mol. The maximum Gasteiger partial charge on any atom is 0.277 e. The lowest BCUT2D eigenvalue weighted by molar-refractivity contribution is 0.102. The van der Waals surface area contributed by atoms with Gasteiger partial charge in [-0.2, -0.15) is 0 Å². The summed E-state index contributed by atoms with van der Waals surface area (Å²) in [6, 6.07) is 5.89. The van der Waals surface area contributed by atoms with Gasteiger partial charge in [0.25, 0.3) is 5.22 Å². The Labute approximate surface area is 116 Å². The fourth-order valence-corrected chi connectivity index (χ4v) is 2.34. The Morgan fingerprint density at radius 1 is 1.32 bits per heavy atom. The summed E-state index contributed by atoms with van der Waals surface area (Å²) in [4.78, 5) is 12.2. The molecule has 0 N–H and O–H groups in total. The lowest BCUT2D eigenvalue weighted by atomic mass is 10.0. The van der Waals surface area contributed by atoms with Gasteiger partial charge in [-0.05, 0) is 25.5 Å². The molecule has 0 aliphatic heterocycles. The van der Waals surface area contributed by atoms with Gasteiger partial charge in [0.1, 0.15) is 0 Å². The number of carbonyl (C=O) groups excluding carboxylic acids is 1. The van der Waals surface area contributed by atoms with E-state index in [4.69, 9.17) is 4.42 Å². The van der Waals surface area contributed by atoms with Crippen LogP contribution in [-0.4, -0.2) is 21.7 Å². The fraction of sp³-hybridized carbons (Fsp3) is 0.357. The fourth-order valence-electron chi connectivity index (χ4n) is 1.68. The first-order valence-corrected chi connectivity index (χ1v) is 7.14. The zero-order valence-corrected chi connectivity index (χ0v) is 12.1. The van der Waals surface area contributed by atoms with E-state index in [1.165, 1.54) is 11.8 Å². The van der Waals surface area contributed by atoms with E-state index in [1.54, 1.807) is 0 Å². The molecule has 19 heavy (non-hydrogen) atoms. The van der Waals surface area contributed by atoms with Gasteiger partial charge in [-0.15, -0.1) is 10.2 Å². The SMILES string of the molecule is CCc1nnc(SCC(=O)c2cc(C)ccc2C)o1. The van der Waals surface area contributed by atoms with E-state index >= 15 is 0 Å². The van der Waals surface area contributed by atoms with Gasteiger partial charge in [-0.1, -0.05) is 36.4 Å². The molecule has 2 aromatic rings. The van der Waals surface area contributed by atoms with Crippen LogP contribution in [0, 0.1) is 13.8 Å². The normalized spacial score (nSPS) is 10.7. The van der Waals surface area contributed by atoms with Crippen molar-refractivity contribution in [3.8, 4) is 0 Å². The van der Waals surface area contributed by atoms with Crippen LogP contribution in [0.4, 0.5) is 0 Å². The molecular formula is C14H16N2O2S. The van der Waals surface area contributed by atoms with Crippen molar-refractivity contribution in [3.05, 3.63) is 40.8 Å². The number of ketones is 1. The average Bonchev–Trinajstić information content (AvgIpc) is 2.87. The van der Waals surface area contributed by atoms with Crippen LogP contribution < -0.4 is 0 Å². The number of hydrogen-bond donors (Lipinski definition) is 0. The molecule has 0 aliphatic rings. The van der Waals surface area contributed by atoms with Crippen LogP contribution in [0.3, 0.4) is 0 Å². The van der Waals surface area contributed by atoms with Crippen LogP contribution in [0.2, 0.25) is 0 Å². The Hall–Kier alpha value is -1.62. The second-order valence-electron chi connectivity index (χ2n) is 4.35. The van der Waals surface area contributed by atoms with Crippen LogP contribution in [0.25, 0.3) is 0 Å². The highest BCUT2D eigenvalue weighted by Crippen LogP contribution is 2.19. The molecule has 5 heteroatoms. The van der Waals surface area contributed by atoms with E-state index in [9.17, 15) is 4.79 Å². The molecule has 0 amide bonds. The average molecular weight is 276 g/mol. The molecule has 0 saturated carbocycles. The van der Waals surface area contributed by atoms with E-state index in [2.05, 4.69) is 10.2 Å². The smallest absolute Gasteiger partial charge is 0.277 e. The van der Waals surface area contributed by atoms with E-state index in [0.29, 0.717) is 23.3 Å². The largest absolute Gasteiger partial charge is 0.416 e. The van der Waals surface area contributed by atoms with Crippen LogP contribution in [0.5, 0.6) is 0 Å². The molecule has 0 saturated heterocycles. The van der Waals surface area contributed by atoms with Gasteiger partial charge in [-0.25, -0.2) is 0 Å². The highest BCUT2D eigenvalue weighted by Gasteiger charge is 2.12. The van der Waals surface area contributed by atoms with Crippen LogP contribution in [0.15, 0.2) is 27.8 Å². The Morgan fingerprint density at radius 2 is 2.11 bits per heavy atom. The van der Waals surface area contributed by atoms with Gasteiger partial charge < -0.3 is 4.42 Å². The van der Waals surface area contributed by atoms with Crippen LogP contribution in [-0.2, 0) is 6.42 Å². The summed E-state index contributed by atoms with van der Waals surface area (Å²) < 4.78 is 5.36. The number of nitrogens with zero attached hydrogens (tertiary/aromatic N) is 2. The standard InChI is InChI=1S/C14H16N2O2S/c1-4-13-15-16-14(18-13)19-8-12(17)11-7-9(2)5-6-10(11)3/h5-7H,4,8H2,1-3H3. The molecule has 0 unspecified atom stereocenters. The molecule has 0 spiro atoms. The highest BCUT2D eigenvalue weighted by atomic mass is 32.2. The molecule has 0 atom stereocenters. The van der Waals surface area contributed by atoms with Crippen LogP contribution >= 0.6 is 11.8 Å². The summed E-state index contributed by atoms with van der Waals surface area (Å²) >= 11 is 1.28. The zero-order chi connectivity index (χ0) is 13.8. The maximum absolute atomic E-state index is 12.2. The van der Waals surface area contributed by atoms with Gasteiger partial charge in [0.15, 0.2) is 5.78 Å². The number of Topliss-reactive ketones (excluding diaryl/α,β-unsaturated/α-hetero) is 1. The lowest BCUT2D eigenvalue weighted by Crippen LogP contribution is -2.05. The van der Waals surface area contributed by atoms with Crippen molar-refractivity contribution in [2.45, 2.75) is 32.4 Å². The molecule has 1 aromatic carbocycles. The molecule has 0 radical (unpaired) electrons. The summed E-state index contributed by atoms with van der Waals surface area (Å²) in [7, 11) is 0. The predicted octanol–water partition coefficient (Wildman–Crippen LogP) is 3.22. The first-order valence-electron chi connectivity index (χ1n) is 6.15. The molecule has 4 nitrogen and oxygen atoms in total. The number of carbonyl (C=O) groups is 1. The number of hydrogen-bond acceptors (Lipinski definition) is 5. The third kappa shape index (κ3) is 3.44. The third-order valence-corrected chi connectivity index (χ3v) is 3.59. The summed E-state index contributed by atoms with van der Waals surface area (Å²) in [6.07, 6.45) is 0.707. The number of aromatic nitrogens is 2. The van der Waals surface area contributed by atoms with Gasteiger partial charge in [-0.3, -0.25) is 4.79 Å². The molecule has 0 fully saturated rings. The van der Waals surface area contributed by atoms with Gasteiger partial charge in [0.05, 0.1) is 5.75 Å². The summed E-state index contributed by atoms with van der Waals surface area (Å²) in [5.41, 5.74) is 2.85. The minimum Gasteiger partial charge on any atom is -0.416 e. The van der Waals surface area contributed by atoms with E-state index in [-0.39, 0.29) is 5.78 Å². The van der Waals surface area contributed by atoms with Crippen molar-refractivity contribution in [2.75, 3.05) is 5.75 Å². The Kier molecular flexibility index (Phi) is 4.37. The van der Waals surface area contributed by atoms with E-state index in [0.717, 1.165) is 16.7 Å². The Morgan fingerprint density at radius 3 is 2.79 bits per heavy atom. The van der Waals surface area contributed by atoms with E-state index in [1.807, 2.05) is 39.0 Å². The summed E-state index contributed by atoms with van der Waals surface area (Å²) in [5, 5.41) is 8.21. The quantitative estimate of drug-likeness (QED) is 0.620. The number of rotatable bonds is 5. The van der Waals surface area contributed by atoms with Gasteiger partial charge in [0, 0.05) is 12.0 Å².